The highest BCUT2D eigenvalue weighted by molar-refractivity contribution is 5.86. The smallest absolute Gasteiger partial charge is 0.226 e. The van der Waals surface area contributed by atoms with Gasteiger partial charge in [-0.3, -0.25) is 4.79 Å². The van der Waals surface area contributed by atoms with Gasteiger partial charge < -0.3 is 28.6 Å². The predicted molar refractivity (Wildman–Crippen MR) is 116 cm³/mol. The Kier molecular flexibility index (Phi) is 8.21. The fraction of sp³-hybridized carbons (Fsp3) is 0.435. The summed E-state index contributed by atoms with van der Waals surface area (Å²) in [6.45, 7) is 5.23. The Morgan fingerprint density at radius 1 is 0.733 bits per heavy atom. The Labute approximate surface area is 178 Å². The van der Waals surface area contributed by atoms with Crippen LogP contribution in [0.5, 0.6) is 28.7 Å². The molecule has 0 heterocycles. The third-order valence-corrected chi connectivity index (χ3v) is 5.06. The van der Waals surface area contributed by atoms with Gasteiger partial charge in [-0.1, -0.05) is 0 Å². The van der Waals surface area contributed by atoms with Crippen LogP contribution in [0.1, 0.15) is 19.4 Å². The molecule has 0 N–H and O–H groups in total. The van der Waals surface area contributed by atoms with Crippen LogP contribution in [-0.2, 0) is 11.2 Å². The number of nitrogens with zero attached hydrogens (tertiary/aromatic N) is 1. The van der Waals surface area contributed by atoms with Gasteiger partial charge in [0.15, 0.2) is 23.0 Å². The minimum absolute atomic E-state index is 0.0351. The maximum Gasteiger partial charge on any atom is 0.226 e. The molecule has 1 amide bonds. The monoisotopic (exact) mass is 417 g/mol. The summed E-state index contributed by atoms with van der Waals surface area (Å²) >= 11 is 0. The average Bonchev–Trinajstić information content (AvgIpc) is 2.78. The lowest BCUT2D eigenvalue weighted by Crippen LogP contribution is -2.31. The normalized spacial score (nSPS) is 10.4. The molecule has 2 rings (SSSR count). The molecule has 0 aliphatic heterocycles. The van der Waals surface area contributed by atoms with Crippen molar-refractivity contribution in [2.75, 3.05) is 48.6 Å². The van der Waals surface area contributed by atoms with E-state index >= 15 is 0 Å². The number of amides is 1. The third kappa shape index (κ3) is 4.56. The summed E-state index contributed by atoms with van der Waals surface area (Å²) in [7, 11) is 7.85. The first-order chi connectivity index (χ1) is 14.5. The van der Waals surface area contributed by atoms with E-state index in [9.17, 15) is 4.79 Å². The van der Waals surface area contributed by atoms with Crippen LogP contribution >= 0.6 is 0 Å². The van der Waals surface area contributed by atoms with Crippen molar-refractivity contribution in [1.29, 1.82) is 0 Å². The molecule has 0 radical (unpaired) electrons. The van der Waals surface area contributed by atoms with E-state index in [1.54, 1.807) is 40.4 Å². The standard InChI is InChI=1S/C23H31NO6/c1-8-24(9-2)21(25)13-15-12-19(27-4)20(28-5)14-17(15)16-10-11-18(26-3)23(30-7)22(16)29-6/h10-12,14H,8-9,13H2,1-7H3. The zero-order valence-corrected chi connectivity index (χ0v) is 18.8. The van der Waals surface area contributed by atoms with E-state index < -0.39 is 0 Å². The average molecular weight is 418 g/mol. The quantitative estimate of drug-likeness (QED) is 0.586. The van der Waals surface area contributed by atoms with Gasteiger partial charge in [0, 0.05) is 18.7 Å². The summed E-state index contributed by atoms with van der Waals surface area (Å²) in [6, 6.07) is 7.38. The first-order valence-corrected chi connectivity index (χ1v) is 9.81. The molecule has 0 spiro atoms. The van der Waals surface area contributed by atoms with Crippen LogP contribution in [-0.4, -0.2) is 59.4 Å². The number of likely N-dealkylation sites (N-methyl/N-ethyl adjacent to an activating group) is 1. The Hall–Kier alpha value is -3.09. The molecule has 0 aromatic heterocycles. The Bertz CT molecular complexity index is 876. The largest absolute Gasteiger partial charge is 0.493 e. The molecular formula is C23H31NO6. The maximum atomic E-state index is 12.9. The van der Waals surface area contributed by atoms with Gasteiger partial charge in [0.25, 0.3) is 0 Å². The highest BCUT2D eigenvalue weighted by Crippen LogP contribution is 2.47. The first-order valence-electron chi connectivity index (χ1n) is 9.81. The number of benzene rings is 2. The number of hydrogen-bond donors (Lipinski definition) is 0. The van der Waals surface area contributed by atoms with Gasteiger partial charge in [0.1, 0.15) is 0 Å². The molecule has 0 saturated carbocycles. The molecule has 0 fully saturated rings. The van der Waals surface area contributed by atoms with Crippen molar-refractivity contribution in [1.82, 2.24) is 4.90 Å². The first kappa shape index (κ1) is 23.2. The number of hydrogen-bond acceptors (Lipinski definition) is 6. The summed E-state index contributed by atoms with van der Waals surface area (Å²) in [5.41, 5.74) is 2.36. The number of carbonyl (C=O) groups excluding carboxylic acids is 1. The van der Waals surface area contributed by atoms with Gasteiger partial charge in [0.2, 0.25) is 11.7 Å². The molecule has 2 aromatic carbocycles. The minimum atomic E-state index is 0.0351. The summed E-state index contributed by atoms with van der Waals surface area (Å²) in [6.07, 6.45) is 0.217. The Morgan fingerprint density at radius 2 is 1.30 bits per heavy atom. The lowest BCUT2D eigenvalue weighted by Gasteiger charge is -2.22. The van der Waals surface area contributed by atoms with Gasteiger partial charge in [-0.2, -0.15) is 0 Å². The van der Waals surface area contributed by atoms with E-state index in [4.69, 9.17) is 23.7 Å². The second-order valence-corrected chi connectivity index (χ2v) is 6.49. The number of methoxy groups -OCH3 is 5. The third-order valence-electron chi connectivity index (χ3n) is 5.06. The lowest BCUT2D eigenvalue weighted by molar-refractivity contribution is -0.130. The van der Waals surface area contributed by atoms with Crippen LogP contribution in [0.25, 0.3) is 11.1 Å². The molecular weight excluding hydrogens is 386 g/mol. The highest BCUT2D eigenvalue weighted by atomic mass is 16.5. The lowest BCUT2D eigenvalue weighted by atomic mass is 9.95. The molecule has 2 aromatic rings. The molecule has 0 bridgehead atoms. The highest BCUT2D eigenvalue weighted by Gasteiger charge is 2.23. The SMILES string of the molecule is CCN(CC)C(=O)Cc1cc(OC)c(OC)cc1-c1ccc(OC)c(OC)c1OC. The van der Waals surface area contributed by atoms with E-state index in [0.29, 0.717) is 41.8 Å². The molecule has 7 nitrogen and oxygen atoms in total. The van der Waals surface area contributed by atoms with Crippen LogP contribution < -0.4 is 23.7 Å². The van der Waals surface area contributed by atoms with Crippen molar-refractivity contribution in [3.05, 3.63) is 29.8 Å². The molecule has 164 valence electrons. The molecule has 30 heavy (non-hydrogen) atoms. The molecule has 0 aliphatic carbocycles. The van der Waals surface area contributed by atoms with Crippen LogP contribution in [0, 0.1) is 0 Å². The van der Waals surface area contributed by atoms with E-state index in [-0.39, 0.29) is 12.3 Å². The number of carbonyl (C=O) groups is 1. The van der Waals surface area contributed by atoms with Crippen molar-refractivity contribution in [3.63, 3.8) is 0 Å². The van der Waals surface area contributed by atoms with Crippen molar-refractivity contribution in [2.45, 2.75) is 20.3 Å². The fourth-order valence-corrected chi connectivity index (χ4v) is 3.48. The van der Waals surface area contributed by atoms with Crippen LogP contribution in [0.3, 0.4) is 0 Å². The van der Waals surface area contributed by atoms with Crippen LogP contribution in [0.2, 0.25) is 0 Å². The van der Waals surface area contributed by atoms with Crippen LogP contribution in [0.4, 0.5) is 0 Å². The number of rotatable bonds is 10. The maximum absolute atomic E-state index is 12.9. The molecule has 0 atom stereocenters. The second-order valence-electron chi connectivity index (χ2n) is 6.49. The van der Waals surface area contributed by atoms with E-state index in [2.05, 4.69) is 0 Å². The van der Waals surface area contributed by atoms with Crippen molar-refractivity contribution in [3.8, 4) is 39.9 Å². The molecule has 7 heteroatoms. The molecule has 0 saturated heterocycles. The van der Waals surface area contributed by atoms with Gasteiger partial charge in [0.05, 0.1) is 42.0 Å². The molecule has 0 unspecified atom stereocenters. The van der Waals surface area contributed by atoms with Crippen molar-refractivity contribution < 1.29 is 28.5 Å². The molecule has 0 aliphatic rings. The van der Waals surface area contributed by atoms with Gasteiger partial charge in [-0.15, -0.1) is 0 Å². The van der Waals surface area contributed by atoms with Crippen molar-refractivity contribution in [2.24, 2.45) is 0 Å². The summed E-state index contributed by atoms with van der Waals surface area (Å²) in [5.74, 6) is 2.70. The summed E-state index contributed by atoms with van der Waals surface area (Å²) < 4.78 is 27.6. The summed E-state index contributed by atoms with van der Waals surface area (Å²) in [5, 5.41) is 0. The van der Waals surface area contributed by atoms with Crippen LogP contribution in [0.15, 0.2) is 24.3 Å². The van der Waals surface area contributed by atoms with Gasteiger partial charge in [-0.05, 0) is 49.2 Å². The van der Waals surface area contributed by atoms with Gasteiger partial charge in [-0.25, -0.2) is 0 Å². The Morgan fingerprint density at radius 3 is 1.80 bits per heavy atom. The Balaban J connectivity index is 2.73. The second kappa shape index (κ2) is 10.6. The predicted octanol–water partition coefficient (Wildman–Crippen LogP) is 3.81. The van der Waals surface area contributed by atoms with E-state index in [0.717, 1.165) is 16.7 Å². The zero-order chi connectivity index (χ0) is 22.3. The zero-order valence-electron chi connectivity index (χ0n) is 18.8. The van der Waals surface area contributed by atoms with Gasteiger partial charge >= 0.3 is 0 Å². The topological polar surface area (TPSA) is 66.5 Å². The number of ether oxygens (including phenoxy) is 5. The fourth-order valence-electron chi connectivity index (χ4n) is 3.48. The minimum Gasteiger partial charge on any atom is -0.493 e. The summed E-state index contributed by atoms with van der Waals surface area (Å²) in [4.78, 5) is 14.7. The van der Waals surface area contributed by atoms with E-state index in [1.165, 1.54) is 0 Å². The van der Waals surface area contributed by atoms with Crippen molar-refractivity contribution >= 4 is 5.91 Å². The van der Waals surface area contributed by atoms with E-state index in [1.807, 2.05) is 38.1 Å².